The Morgan fingerprint density at radius 3 is 2.43 bits per heavy atom. The number of nitriles is 1. The predicted molar refractivity (Wildman–Crippen MR) is 179 cm³/mol. The molecule has 0 aliphatic heterocycles. The van der Waals surface area contributed by atoms with Crippen molar-refractivity contribution < 1.29 is 9.18 Å². The summed E-state index contributed by atoms with van der Waals surface area (Å²) in [6.07, 6.45) is 5.47. The summed E-state index contributed by atoms with van der Waals surface area (Å²) >= 11 is 0. The maximum Gasteiger partial charge on any atom is 0.221 e. The van der Waals surface area contributed by atoms with Gasteiger partial charge in [-0.1, -0.05) is 50.3 Å². The molecule has 2 aromatic heterocycles. The molecule has 2 radical (unpaired) electrons. The summed E-state index contributed by atoms with van der Waals surface area (Å²) in [4.78, 5) is 16.4. The fourth-order valence-electron chi connectivity index (χ4n) is 5.36. The van der Waals surface area contributed by atoms with Crippen molar-refractivity contribution in [1.82, 2.24) is 20.0 Å². The minimum Gasteiger partial charge on any atom is -0.383 e. The molecule has 1 atom stereocenters. The Bertz CT molecular complexity index is 1960. The smallest absolute Gasteiger partial charge is 0.221 e. The number of hydrogen-bond acceptors (Lipinski definition) is 7. The Morgan fingerprint density at radius 2 is 1.80 bits per heavy atom. The van der Waals surface area contributed by atoms with Crippen LogP contribution in [0.25, 0.3) is 22.0 Å². The van der Waals surface area contributed by atoms with Crippen molar-refractivity contribution in [2.24, 2.45) is 5.41 Å². The lowest BCUT2D eigenvalue weighted by atomic mass is 9.69. The Hall–Kier alpha value is -5.24. The van der Waals surface area contributed by atoms with Crippen molar-refractivity contribution in [2.75, 3.05) is 22.5 Å². The third-order valence-electron chi connectivity index (χ3n) is 7.88. The number of nitrogens with zero attached hydrogens (tertiary/aromatic N) is 5. The van der Waals surface area contributed by atoms with Crippen LogP contribution in [-0.2, 0) is 10.2 Å². The van der Waals surface area contributed by atoms with E-state index >= 15 is 0 Å². The number of aromatic nitrogens is 4. The fraction of sp³-hybridized carbons (Fsp3) is 0.286. The highest BCUT2D eigenvalue weighted by molar-refractivity contribution is 6.19. The molecular formula is C35H34BFN8O. The first-order valence-corrected chi connectivity index (χ1v) is 15.2. The lowest BCUT2D eigenvalue weighted by Crippen LogP contribution is -2.37. The van der Waals surface area contributed by atoms with Gasteiger partial charge in [-0.2, -0.15) is 5.26 Å². The Morgan fingerprint density at radius 1 is 1.09 bits per heavy atom. The molecule has 0 saturated heterocycles. The summed E-state index contributed by atoms with van der Waals surface area (Å²) in [5.41, 5.74) is 4.26. The molecule has 230 valence electrons. The number of halogens is 1. The summed E-state index contributed by atoms with van der Waals surface area (Å²) in [7, 11) is 7.19. The van der Waals surface area contributed by atoms with Crippen molar-refractivity contribution in [3.8, 4) is 17.2 Å². The van der Waals surface area contributed by atoms with Gasteiger partial charge >= 0.3 is 0 Å². The van der Waals surface area contributed by atoms with Crippen LogP contribution >= 0.6 is 0 Å². The maximum atomic E-state index is 14.1. The van der Waals surface area contributed by atoms with Crippen LogP contribution in [0.1, 0.15) is 63.4 Å². The number of carbonyl (C=O) groups excluding carboxylic acids is 1. The average molecular weight is 613 g/mol. The topological polar surface area (TPSA) is 121 Å². The third kappa shape index (κ3) is 6.42. The number of anilines is 3. The standard InChI is InChI=1S/C35H34BFN8O/c1-21(46)41-26-11-5-22(6-12-26)29-15-27(16-30-32(40-20-34(2,3)4)23(17-38)18-39-33(29)30)42-35(36,24-7-9-25(37)10-8-24)31-19-45(44-43-31)28-13-14-28/h5-12,15-16,18-19,28,42H,13-14,20H2,1-4H3,(H,39,40)(H,41,46). The predicted octanol–water partition coefficient (Wildman–Crippen LogP) is 6.74. The first-order valence-electron chi connectivity index (χ1n) is 15.2. The zero-order chi connectivity index (χ0) is 32.6. The highest BCUT2D eigenvalue weighted by Gasteiger charge is 2.34. The van der Waals surface area contributed by atoms with Gasteiger partial charge in [-0.05, 0) is 65.8 Å². The van der Waals surface area contributed by atoms with Gasteiger partial charge in [0.1, 0.15) is 25.4 Å². The number of fused-ring (bicyclic) bond motifs is 1. The molecule has 9 nitrogen and oxygen atoms in total. The second-order valence-electron chi connectivity index (χ2n) is 13.0. The zero-order valence-electron chi connectivity index (χ0n) is 26.2. The molecule has 2 heterocycles. The molecule has 6 rings (SSSR count). The van der Waals surface area contributed by atoms with Crippen LogP contribution in [0, 0.1) is 22.6 Å². The van der Waals surface area contributed by atoms with E-state index in [0.29, 0.717) is 52.0 Å². The van der Waals surface area contributed by atoms with E-state index in [2.05, 4.69) is 53.1 Å². The number of nitrogens with one attached hydrogen (secondary N) is 3. The van der Waals surface area contributed by atoms with Crippen molar-refractivity contribution in [2.45, 2.75) is 52.0 Å². The first-order chi connectivity index (χ1) is 21.9. The minimum atomic E-state index is -1.39. The quantitative estimate of drug-likeness (QED) is 0.158. The van der Waals surface area contributed by atoms with Crippen LogP contribution in [-0.4, -0.2) is 40.3 Å². The summed E-state index contributed by atoms with van der Waals surface area (Å²) in [5.74, 6) is -0.545. The van der Waals surface area contributed by atoms with Gasteiger partial charge in [-0.25, -0.2) is 9.07 Å². The third-order valence-corrected chi connectivity index (χ3v) is 7.88. The largest absolute Gasteiger partial charge is 0.383 e. The Balaban J connectivity index is 1.54. The molecule has 1 aliphatic rings. The van der Waals surface area contributed by atoms with Gasteiger partial charge in [0.2, 0.25) is 5.91 Å². The molecule has 5 aromatic rings. The monoisotopic (exact) mass is 612 g/mol. The molecular weight excluding hydrogens is 578 g/mol. The van der Waals surface area contributed by atoms with Gasteiger partial charge in [0.15, 0.2) is 0 Å². The molecule has 46 heavy (non-hydrogen) atoms. The van der Waals surface area contributed by atoms with Crippen molar-refractivity contribution in [1.29, 1.82) is 5.26 Å². The molecule has 1 amide bonds. The lowest BCUT2D eigenvalue weighted by molar-refractivity contribution is -0.114. The van der Waals surface area contributed by atoms with E-state index in [1.54, 1.807) is 18.3 Å². The Labute approximate surface area is 268 Å². The normalized spacial score (nSPS) is 14.3. The highest BCUT2D eigenvalue weighted by atomic mass is 19.1. The molecule has 0 spiro atoms. The second-order valence-corrected chi connectivity index (χ2v) is 13.0. The van der Waals surface area contributed by atoms with E-state index in [9.17, 15) is 14.4 Å². The average Bonchev–Trinajstić information content (AvgIpc) is 3.74. The Kier molecular flexibility index (Phi) is 7.98. The first kappa shape index (κ1) is 30.8. The van der Waals surface area contributed by atoms with Crippen molar-refractivity contribution in [3.05, 3.63) is 95.7 Å². The molecule has 11 heteroatoms. The summed E-state index contributed by atoms with van der Waals surface area (Å²) in [6.45, 7) is 8.42. The number of carbonyl (C=O) groups is 1. The van der Waals surface area contributed by atoms with Gasteiger partial charge in [-0.15, -0.1) is 5.10 Å². The number of hydrogen-bond donors (Lipinski definition) is 3. The van der Waals surface area contributed by atoms with E-state index in [0.717, 1.165) is 29.4 Å². The molecule has 1 aliphatic carbocycles. The molecule has 1 unspecified atom stereocenters. The minimum absolute atomic E-state index is 0.0665. The second kappa shape index (κ2) is 11.9. The SMILES string of the molecule is [B]C(Nc1cc(-c2ccc(NC(C)=O)cc2)c2ncc(C#N)c(NCC(C)(C)C)c2c1)(c1ccc(F)cc1)c1cn(C2CC2)nn1. The van der Waals surface area contributed by atoms with Crippen LogP contribution in [0.3, 0.4) is 0 Å². The van der Waals surface area contributed by atoms with Gasteiger partial charge in [0.25, 0.3) is 0 Å². The number of pyridine rings is 1. The zero-order valence-corrected chi connectivity index (χ0v) is 26.2. The molecule has 1 fully saturated rings. The summed E-state index contributed by atoms with van der Waals surface area (Å²) in [5, 5.41) is 29.4. The van der Waals surface area contributed by atoms with Gasteiger partial charge in [-0.3, -0.25) is 9.78 Å². The van der Waals surface area contributed by atoms with Crippen molar-refractivity contribution in [3.63, 3.8) is 0 Å². The summed E-state index contributed by atoms with van der Waals surface area (Å²) in [6, 6.07) is 19.9. The fourth-order valence-corrected chi connectivity index (χ4v) is 5.36. The van der Waals surface area contributed by atoms with Gasteiger partial charge in [0.05, 0.1) is 34.4 Å². The van der Waals surface area contributed by atoms with Gasteiger partial charge < -0.3 is 16.0 Å². The maximum absolute atomic E-state index is 14.1. The van der Waals surface area contributed by atoms with Crippen LogP contribution in [0.5, 0.6) is 0 Å². The van der Waals surface area contributed by atoms with Crippen LogP contribution in [0.4, 0.5) is 21.5 Å². The number of rotatable bonds is 9. The van der Waals surface area contributed by atoms with Crippen LogP contribution in [0.2, 0.25) is 0 Å². The molecule has 3 N–H and O–H groups in total. The van der Waals surface area contributed by atoms with E-state index < -0.39 is 5.44 Å². The van der Waals surface area contributed by atoms with Gasteiger partial charge in [0, 0.05) is 42.0 Å². The van der Waals surface area contributed by atoms with Crippen LogP contribution in [0.15, 0.2) is 73.1 Å². The number of amides is 1. The number of benzene rings is 3. The van der Waals surface area contributed by atoms with E-state index in [1.807, 2.05) is 47.3 Å². The van der Waals surface area contributed by atoms with E-state index in [1.165, 1.54) is 19.1 Å². The lowest BCUT2D eigenvalue weighted by Gasteiger charge is -2.32. The highest BCUT2D eigenvalue weighted by Crippen LogP contribution is 2.40. The van der Waals surface area contributed by atoms with Crippen LogP contribution < -0.4 is 16.0 Å². The van der Waals surface area contributed by atoms with E-state index in [4.69, 9.17) is 12.8 Å². The molecule has 1 saturated carbocycles. The summed E-state index contributed by atoms with van der Waals surface area (Å²) < 4.78 is 15.9. The molecule has 0 bridgehead atoms. The molecule has 3 aromatic carbocycles. The van der Waals surface area contributed by atoms with E-state index in [-0.39, 0.29) is 17.1 Å². The van der Waals surface area contributed by atoms with Crippen molar-refractivity contribution >= 4 is 41.7 Å².